The number of ether oxygens (including phenoxy) is 1. The standard InChI is InChI=1S/C23H24F3N3O2S/c1-5-13(2)15(4)29-20-14(3)17(22-27-8-9-32-22)6-7-19(20)31-21-18(23(24,25)26)10-16(12-30)11-28-21/h6-11,13,30H,5,12H2,1-4H3. The highest BCUT2D eigenvalue weighted by Gasteiger charge is 2.36. The van der Waals surface area contributed by atoms with Crippen LogP contribution in [0.1, 0.15) is 43.9 Å². The summed E-state index contributed by atoms with van der Waals surface area (Å²) in [4.78, 5) is 12.9. The van der Waals surface area contributed by atoms with Gasteiger partial charge in [0.15, 0.2) is 5.75 Å². The summed E-state index contributed by atoms with van der Waals surface area (Å²) >= 11 is 1.46. The Morgan fingerprint density at radius 3 is 2.62 bits per heavy atom. The highest BCUT2D eigenvalue weighted by atomic mass is 32.1. The van der Waals surface area contributed by atoms with Gasteiger partial charge in [-0.3, -0.25) is 4.99 Å². The summed E-state index contributed by atoms with van der Waals surface area (Å²) < 4.78 is 46.6. The fourth-order valence-corrected chi connectivity index (χ4v) is 3.76. The van der Waals surface area contributed by atoms with Gasteiger partial charge in [0, 0.05) is 29.0 Å². The predicted octanol–water partition coefficient (Wildman–Crippen LogP) is 6.96. The molecule has 170 valence electrons. The Hall–Kier alpha value is -2.78. The molecular formula is C23H24F3N3O2S. The molecule has 2 heterocycles. The molecule has 0 spiro atoms. The van der Waals surface area contributed by atoms with E-state index >= 15 is 0 Å². The average molecular weight is 464 g/mol. The lowest BCUT2D eigenvalue weighted by Gasteiger charge is -2.17. The topological polar surface area (TPSA) is 67.6 Å². The molecule has 3 aromatic rings. The van der Waals surface area contributed by atoms with Crippen LogP contribution in [-0.2, 0) is 12.8 Å². The van der Waals surface area contributed by atoms with Gasteiger partial charge in [-0.1, -0.05) is 13.8 Å². The van der Waals surface area contributed by atoms with Crippen molar-refractivity contribution in [3.8, 4) is 22.2 Å². The van der Waals surface area contributed by atoms with Crippen molar-refractivity contribution >= 4 is 22.7 Å². The maximum absolute atomic E-state index is 13.6. The molecule has 0 radical (unpaired) electrons. The molecule has 32 heavy (non-hydrogen) atoms. The largest absolute Gasteiger partial charge is 0.436 e. The van der Waals surface area contributed by atoms with E-state index in [2.05, 4.69) is 9.97 Å². The summed E-state index contributed by atoms with van der Waals surface area (Å²) in [6.45, 7) is 7.27. The van der Waals surface area contributed by atoms with E-state index in [1.165, 1.54) is 11.3 Å². The lowest BCUT2D eigenvalue weighted by molar-refractivity contribution is -0.139. The van der Waals surface area contributed by atoms with Crippen LogP contribution < -0.4 is 4.74 Å². The molecular weight excluding hydrogens is 439 g/mol. The summed E-state index contributed by atoms with van der Waals surface area (Å²) in [6, 6.07) is 4.19. The maximum atomic E-state index is 13.6. The minimum atomic E-state index is -4.69. The molecule has 1 aromatic carbocycles. The molecule has 0 saturated carbocycles. The van der Waals surface area contributed by atoms with Gasteiger partial charge < -0.3 is 9.84 Å². The minimum Gasteiger partial charge on any atom is -0.436 e. The van der Waals surface area contributed by atoms with Crippen molar-refractivity contribution in [3.63, 3.8) is 0 Å². The second-order valence-corrected chi connectivity index (χ2v) is 8.33. The molecule has 5 nitrogen and oxygen atoms in total. The molecule has 0 saturated heterocycles. The van der Waals surface area contributed by atoms with Crippen LogP contribution in [0.3, 0.4) is 0 Å². The number of aromatic nitrogens is 2. The Morgan fingerprint density at radius 2 is 2.03 bits per heavy atom. The number of rotatable bonds is 7. The van der Waals surface area contributed by atoms with Crippen LogP contribution in [0.5, 0.6) is 11.6 Å². The Morgan fingerprint density at radius 1 is 1.28 bits per heavy atom. The maximum Gasteiger partial charge on any atom is 0.421 e. The third-order valence-electron chi connectivity index (χ3n) is 5.27. The number of alkyl halides is 3. The number of benzene rings is 1. The average Bonchev–Trinajstić information content (AvgIpc) is 3.29. The summed E-state index contributed by atoms with van der Waals surface area (Å²) in [5.41, 5.74) is 1.86. The van der Waals surface area contributed by atoms with Crippen molar-refractivity contribution in [3.05, 3.63) is 52.7 Å². The van der Waals surface area contributed by atoms with Gasteiger partial charge in [-0.15, -0.1) is 11.3 Å². The van der Waals surface area contributed by atoms with Crippen LogP contribution in [0.25, 0.3) is 10.6 Å². The van der Waals surface area contributed by atoms with E-state index in [4.69, 9.17) is 9.73 Å². The summed E-state index contributed by atoms with van der Waals surface area (Å²) in [5, 5.41) is 11.9. The van der Waals surface area contributed by atoms with Crippen molar-refractivity contribution in [2.45, 2.75) is 46.9 Å². The van der Waals surface area contributed by atoms with Crippen molar-refractivity contribution < 1.29 is 23.0 Å². The van der Waals surface area contributed by atoms with Crippen LogP contribution in [0.4, 0.5) is 18.9 Å². The first-order valence-corrected chi connectivity index (χ1v) is 11.0. The SMILES string of the molecule is CCC(C)C(C)=Nc1c(Oc2ncc(CO)cc2C(F)(F)F)ccc(-c2nccs2)c1C. The summed E-state index contributed by atoms with van der Waals surface area (Å²) in [6.07, 6.45) is -0.966. The number of hydrogen-bond acceptors (Lipinski definition) is 6. The normalized spacial score (nSPS) is 13.3. The molecule has 0 fully saturated rings. The van der Waals surface area contributed by atoms with Gasteiger partial charge in [0.2, 0.25) is 5.88 Å². The molecule has 3 rings (SSSR count). The van der Waals surface area contributed by atoms with Gasteiger partial charge in [-0.2, -0.15) is 13.2 Å². The predicted molar refractivity (Wildman–Crippen MR) is 120 cm³/mol. The molecule has 0 aliphatic heterocycles. The molecule has 1 unspecified atom stereocenters. The van der Waals surface area contributed by atoms with Crippen LogP contribution in [0.15, 0.2) is 41.0 Å². The molecule has 1 atom stereocenters. The monoisotopic (exact) mass is 463 g/mol. The molecule has 9 heteroatoms. The molecule has 0 aliphatic carbocycles. The van der Waals surface area contributed by atoms with E-state index in [1.54, 1.807) is 18.3 Å². The Balaban J connectivity index is 2.16. The Kier molecular flexibility index (Phi) is 7.30. The van der Waals surface area contributed by atoms with Crippen LogP contribution in [0.2, 0.25) is 0 Å². The number of aliphatic hydroxyl groups is 1. The number of aliphatic imine (C=N–C) groups is 1. The molecule has 0 aliphatic rings. The van der Waals surface area contributed by atoms with Gasteiger partial charge >= 0.3 is 6.18 Å². The number of thiazole rings is 1. The third-order valence-corrected chi connectivity index (χ3v) is 6.08. The first-order chi connectivity index (χ1) is 15.2. The van der Waals surface area contributed by atoms with E-state index in [1.807, 2.05) is 33.1 Å². The van der Waals surface area contributed by atoms with Crippen LogP contribution in [0, 0.1) is 12.8 Å². The minimum absolute atomic E-state index is 0.0471. The number of halogens is 3. The first-order valence-electron chi connectivity index (χ1n) is 10.1. The molecule has 2 aromatic heterocycles. The van der Waals surface area contributed by atoms with Crippen molar-refractivity contribution in [2.75, 3.05) is 0 Å². The number of nitrogens with zero attached hydrogens (tertiary/aromatic N) is 3. The van der Waals surface area contributed by atoms with E-state index in [0.29, 0.717) is 5.69 Å². The van der Waals surface area contributed by atoms with Crippen LogP contribution >= 0.6 is 11.3 Å². The zero-order valence-electron chi connectivity index (χ0n) is 18.2. The lowest BCUT2D eigenvalue weighted by atomic mass is 10.0. The van der Waals surface area contributed by atoms with Gasteiger partial charge in [-0.25, -0.2) is 9.97 Å². The Labute approximate surface area is 188 Å². The van der Waals surface area contributed by atoms with E-state index in [9.17, 15) is 18.3 Å². The van der Waals surface area contributed by atoms with E-state index < -0.39 is 24.2 Å². The fourth-order valence-electron chi connectivity index (χ4n) is 3.04. The second kappa shape index (κ2) is 9.79. The lowest BCUT2D eigenvalue weighted by Crippen LogP contribution is -2.10. The highest BCUT2D eigenvalue weighted by Crippen LogP contribution is 2.43. The number of pyridine rings is 1. The summed E-state index contributed by atoms with van der Waals surface area (Å²) in [5.74, 6) is -0.229. The van der Waals surface area contributed by atoms with Crippen molar-refractivity contribution in [2.24, 2.45) is 10.9 Å². The molecule has 0 bridgehead atoms. The second-order valence-electron chi connectivity index (χ2n) is 7.44. The van der Waals surface area contributed by atoms with Gasteiger partial charge in [0.05, 0.1) is 6.61 Å². The zero-order valence-corrected chi connectivity index (χ0v) is 19.0. The van der Waals surface area contributed by atoms with E-state index in [0.717, 1.165) is 40.5 Å². The first kappa shape index (κ1) is 23.9. The van der Waals surface area contributed by atoms with Crippen molar-refractivity contribution in [1.29, 1.82) is 0 Å². The van der Waals surface area contributed by atoms with Crippen molar-refractivity contribution in [1.82, 2.24) is 9.97 Å². The number of aliphatic hydroxyl groups excluding tert-OH is 1. The highest BCUT2D eigenvalue weighted by molar-refractivity contribution is 7.13. The molecule has 1 N–H and O–H groups in total. The summed E-state index contributed by atoms with van der Waals surface area (Å²) in [7, 11) is 0. The van der Waals surface area contributed by atoms with Gasteiger partial charge in [0.1, 0.15) is 16.3 Å². The fraction of sp³-hybridized carbons (Fsp3) is 0.348. The molecule has 0 amide bonds. The number of hydrogen-bond donors (Lipinski definition) is 1. The van der Waals surface area contributed by atoms with E-state index in [-0.39, 0.29) is 17.2 Å². The third kappa shape index (κ3) is 5.16. The quantitative estimate of drug-likeness (QED) is 0.385. The van der Waals surface area contributed by atoms with Gasteiger partial charge in [0.25, 0.3) is 0 Å². The smallest absolute Gasteiger partial charge is 0.421 e. The van der Waals surface area contributed by atoms with Crippen LogP contribution in [-0.4, -0.2) is 20.8 Å². The Bertz CT molecular complexity index is 1110. The zero-order chi connectivity index (χ0) is 23.5. The van der Waals surface area contributed by atoms with Gasteiger partial charge in [-0.05, 0) is 55.5 Å².